The molecule has 0 aliphatic carbocycles. The number of hydrazine groups is 1. The Morgan fingerprint density at radius 1 is 1.45 bits per heavy atom. The van der Waals surface area contributed by atoms with E-state index in [1.165, 1.54) is 0 Å². The van der Waals surface area contributed by atoms with E-state index in [1.54, 1.807) is 7.05 Å². The number of hydrogen-bond acceptors (Lipinski definition) is 2. The Kier molecular flexibility index (Phi) is 5.46. The number of hydrogen-bond donors (Lipinski definition) is 3. The Labute approximate surface area is 71.7 Å². The quantitative estimate of drug-likeness (QED) is 0.405. The van der Waals surface area contributed by atoms with Crippen molar-refractivity contribution in [1.82, 2.24) is 16.2 Å². The predicted molar refractivity (Wildman–Crippen MR) is 47.8 cm³/mol. The number of carbonyl (C=O) groups is 1. The van der Waals surface area contributed by atoms with Crippen molar-refractivity contribution in [3.8, 4) is 0 Å². The Balaban J connectivity index is 3.38. The number of thiocarbonyl (C=S) groups is 1. The van der Waals surface area contributed by atoms with Crippen molar-refractivity contribution in [2.24, 2.45) is 0 Å². The first-order valence-electron chi connectivity index (χ1n) is 3.47. The van der Waals surface area contributed by atoms with E-state index in [2.05, 4.69) is 16.2 Å². The molecule has 64 valence electrons. The smallest absolute Gasteiger partial charge is 0.238 e. The largest absolute Gasteiger partial charge is 0.364 e. The molecule has 0 bridgehead atoms. The fourth-order valence-corrected chi connectivity index (χ4v) is 0.530. The van der Waals surface area contributed by atoms with Crippen LogP contribution in [0.1, 0.15) is 19.8 Å². The predicted octanol–water partition coefficient (Wildman–Crippen LogP) is -0.0884. The van der Waals surface area contributed by atoms with Crippen LogP contribution in [0.5, 0.6) is 0 Å². The first-order chi connectivity index (χ1) is 5.20. The molecular formula is C6H13N3OS. The van der Waals surface area contributed by atoms with Crippen LogP contribution in [0.4, 0.5) is 0 Å². The van der Waals surface area contributed by atoms with Crippen LogP contribution < -0.4 is 16.2 Å². The van der Waals surface area contributed by atoms with Gasteiger partial charge in [0.2, 0.25) is 5.91 Å². The lowest BCUT2D eigenvalue weighted by molar-refractivity contribution is -0.121. The highest BCUT2D eigenvalue weighted by atomic mass is 32.1. The monoisotopic (exact) mass is 175 g/mol. The summed E-state index contributed by atoms with van der Waals surface area (Å²) in [5.74, 6) is -0.0508. The molecule has 0 radical (unpaired) electrons. The van der Waals surface area contributed by atoms with Gasteiger partial charge in [-0.3, -0.25) is 15.6 Å². The van der Waals surface area contributed by atoms with E-state index in [4.69, 9.17) is 12.2 Å². The average molecular weight is 175 g/mol. The third kappa shape index (κ3) is 5.60. The van der Waals surface area contributed by atoms with Crippen LogP contribution in [0.15, 0.2) is 0 Å². The van der Waals surface area contributed by atoms with E-state index in [-0.39, 0.29) is 5.91 Å². The van der Waals surface area contributed by atoms with Gasteiger partial charge in [-0.25, -0.2) is 0 Å². The maximum absolute atomic E-state index is 10.8. The third-order valence-electron chi connectivity index (χ3n) is 1.02. The molecule has 0 fully saturated rings. The Bertz CT molecular complexity index is 149. The van der Waals surface area contributed by atoms with Crippen molar-refractivity contribution in [3.63, 3.8) is 0 Å². The molecule has 0 heterocycles. The lowest BCUT2D eigenvalue weighted by Gasteiger charge is -2.07. The highest BCUT2D eigenvalue weighted by Gasteiger charge is 1.97. The van der Waals surface area contributed by atoms with Gasteiger partial charge in [-0.2, -0.15) is 0 Å². The SMILES string of the molecule is CCCC(=O)NNC(=S)NC. The van der Waals surface area contributed by atoms with Crippen molar-refractivity contribution in [1.29, 1.82) is 0 Å². The highest BCUT2D eigenvalue weighted by Crippen LogP contribution is 1.83. The van der Waals surface area contributed by atoms with E-state index in [0.29, 0.717) is 11.5 Å². The van der Waals surface area contributed by atoms with Gasteiger partial charge in [-0.05, 0) is 18.6 Å². The summed E-state index contributed by atoms with van der Waals surface area (Å²) in [4.78, 5) is 10.8. The van der Waals surface area contributed by atoms with E-state index in [9.17, 15) is 4.79 Å². The molecular weight excluding hydrogens is 162 g/mol. The van der Waals surface area contributed by atoms with Gasteiger partial charge in [0.15, 0.2) is 5.11 Å². The Morgan fingerprint density at radius 3 is 2.55 bits per heavy atom. The van der Waals surface area contributed by atoms with Crippen LogP contribution in [-0.4, -0.2) is 18.1 Å². The number of nitrogens with one attached hydrogen (secondary N) is 3. The zero-order chi connectivity index (χ0) is 8.69. The topological polar surface area (TPSA) is 53.2 Å². The second-order valence-electron chi connectivity index (χ2n) is 2.00. The van der Waals surface area contributed by atoms with Crippen LogP contribution in [-0.2, 0) is 4.79 Å². The second kappa shape index (κ2) is 5.91. The molecule has 0 aromatic heterocycles. The zero-order valence-electron chi connectivity index (χ0n) is 6.73. The van der Waals surface area contributed by atoms with Crippen LogP contribution >= 0.6 is 12.2 Å². The van der Waals surface area contributed by atoms with Gasteiger partial charge in [0.05, 0.1) is 0 Å². The molecule has 0 unspecified atom stereocenters. The molecule has 0 spiro atoms. The molecule has 0 saturated heterocycles. The molecule has 0 aromatic rings. The van der Waals surface area contributed by atoms with Gasteiger partial charge >= 0.3 is 0 Å². The molecule has 0 rings (SSSR count). The zero-order valence-corrected chi connectivity index (χ0v) is 7.55. The molecule has 5 heteroatoms. The maximum atomic E-state index is 10.8. The molecule has 0 aromatic carbocycles. The minimum absolute atomic E-state index is 0.0508. The van der Waals surface area contributed by atoms with Gasteiger partial charge < -0.3 is 5.32 Å². The minimum atomic E-state index is -0.0508. The second-order valence-corrected chi connectivity index (χ2v) is 2.41. The van der Waals surface area contributed by atoms with Crippen LogP contribution in [0.2, 0.25) is 0 Å². The van der Waals surface area contributed by atoms with Gasteiger partial charge in [0, 0.05) is 13.5 Å². The Hall–Kier alpha value is -0.840. The number of rotatable bonds is 2. The summed E-state index contributed by atoms with van der Waals surface area (Å²) in [6.45, 7) is 1.94. The molecule has 4 nitrogen and oxygen atoms in total. The molecule has 0 saturated carbocycles. The van der Waals surface area contributed by atoms with Crippen molar-refractivity contribution in [2.45, 2.75) is 19.8 Å². The van der Waals surface area contributed by atoms with Crippen molar-refractivity contribution < 1.29 is 4.79 Å². The van der Waals surface area contributed by atoms with Crippen LogP contribution in [0.3, 0.4) is 0 Å². The molecule has 0 aliphatic rings. The van der Waals surface area contributed by atoms with Gasteiger partial charge in [0.25, 0.3) is 0 Å². The van der Waals surface area contributed by atoms with E-state index >= 15 is 0 Å². The maximum Gasteiger partial charge on any atom is 0.238 e. The molecule has 3 N–H and O–H groups in total. The fourth-order valence-electron chi connectivity index (χ4n) is 0.479. The summed E-state index contributed by atoms with van der Waals surface area (Å²) < 4.78 is 0. The minimum Gasteiger partial charge on any atom is -0.364 e. The summed E-state index contributed by atoms with van der Waals surface area (Å²) in [5, 5.41) is 3.08. The van der Waals surface area contributed by atoms with Gasteiger partial charge in [-0.15, -0.1) is 0 Å². The lowest BCUT2D eigenvalue weighted by atomic mass is 10.3. The Morgan fingerprint density at radius 2 is 2.09 bits per heavy atom. The van der Waals surface area contributed by atoms with Crippen LogP contribution in [0, 0.1) is 0 Å². The first-order valence-corrected chi connectivity index (χ1v) is 3.88. The summed E-state index contributed by atoms with van der Waals surface area (Å²) in [6.07, 6.45) is 1.35. The average Bonchev–Trinajstić information content (AvgIpc) is 2.01. The summed E-state index contributed by atoms with van der Waals surface area (Å²) >= 11 is 4.72. The third-order valence-corrected chi connectivity index (χ3v) is 1.33. The highest BCUT2D eigenvalue weighted by molar-refractivity contribution is 7.80. The van der Waals surface area contributed by atoms with Crippen LogP contribution in [0.25, 0.3) is 0 Å². The summed E-state index contributed by atoms with van der Waals surface area (Å²) in [7, 11) is 1.68. The van der Waals surface area contributed by atoms with E-state index < -0.39 is 0 Å². The first kappa shape index (κ1) is 10.2. The molecule has 0 aliphatic heterocycles. The number of carbonyl (C=O) groups excluding carboxylic acids is 1. The number of amides is 1. The fraction of sp³-hybridized carbons (Fsp3) is 0.667. The standard InChI is InChI=1S/C6H13N3OS/c1-3-4-5(10)8-9-6(11)7-2/h3-4H2,1-2H3,(H,8,10)(H2,7,9,11). The van der Waals surface area contributed by atoms with Crippen molar-refractivity contribution >= 4 is 23.2 Å². The normalized spacial score (nSPS) is 8.55. The lowest BCUT2D eigenvalue weighted by Crippen LogP contribution is -2.45. The summed E-state index contributed by atoms with van der Waals surface area (Å²) in [5.41, 5.74) is 4.98. The van der Waals surface area contributed by atoms with Gasteiger partial charge in [-0.1, -0.05) is 6.92 Å². The molecule has 11 heavy (non-hydrogen) atoms. The van der Waals surface area contributed by atoms with Crippen molar-refractivity contribution in [2.75, 3.05) is 7.05 Å². The molecule has 1 amide bonds. The van der Waals surface area contributed by atoms with Crippen molar-refractivity contribution in [3.05, 3.63) is 0 Å². The van der Waals surface area contributed by atoms with E-state index in [1.807, 2.05) is 6.92 Å². The van der Waals surface area contributed by atoms with E-state index in [0.717, 1.165) is 6.42 Å². The summed E-state index contributed by atoms with van der Waals surface area (Å²) in [6, 6.07) is 0. The molecule has 0 atom stereocenters. The van der Waals surface area contributed by atoms with Gasteiger partial charge in [0.1, 0.15) is 0 Å².